The number of hydrogen-bond donors (Lipinski definition) is 3. The molecule has 4 heterocycles. The summed E-state index contributed by atoms with van der Waals surface area (Å²) in [5.41, 5.74) is 3.10. The van der Waals surface area contributed by atoms with Crippen molar-refractivity contribution >= 4 is 17.5 Å². The lowest BCUT2D eigenvalue weighted by molar-refractivity contribution is -0.0452. The molecule has 2 saturated carbocycles. The molecule has 9 nitrogen and oxygen atoms in total. The number of pyridine rings is 1. The molecule has 7 rings (SSSR count). The van der Waals surface area contributed by atoms with Crippen LogP contribution >= 0.6 is 0 Å². The van der Waals surface area contributed by atoms with Crippen LogP contribution in [0.5, 0.6) is 5.88 Å². The molecular formula is C31H32FN5O4. The Morgan fingerprint density at radius 3 is 2.78 bits per heavy atom. The predicted octanol–water partition coefficient (Wildman–Crippen LogP) is 5.41. The van der Waals surface area contributed by atoms with Gasteiger partial charge < -0.3 is 29.8 Å². The minimum absolute atomic E-state index is 0.0518. The van der Waals surface area contributed by atoms with Crippen molar-refractivity contribution in [1.29, 1.82) is 5.26 Å². The number of anilines is 2. The molecule has 0 bridgehead atoms. The summed E-state index contributed by atoms with van der Waals surface area (Å²) in [4.78, 5) is 21.7. The number of halogens is 1. The Labute approximate surface area is 237 Å². The van der Waals surface area contributed by atoms with E-state index in [1.165, 1.54) is 6.07 Å². The first kappa shape index (κ1) is 25.8. The lowest BCUT2D eigenvalue weighted by Gasteiger charge is -2.37. The molecule has 41 heavy (non-hydrogen) atoms. The summed E-state index contributed by atoms with van der Waals surface area (Å²) in [7, 11) is 0. The van der Waals surface area contributed by atoms with Gasteiger partial charge in [0.2, 0.25) is 5.88 Å². The second-order valence-electron chi connectivity index (χ2n) is 11.8. The third-order valence-electron chi connectivity index (χ3n) is 9.49. The molecule has 2 aromatic heterocycles. The summed E-state index contributed by atoms with van der Waals surface area (Å²) < 4.78 is 25.8. The van der Waals surface area contributed by atoms with Gasteiger partial charge in [0.1, 0.15) is 30.1 Å². The molecule has 1 saturated heterocycles. The number of nitrogens with one attached hydrogen (secondary N) is 2. The number of fused-ring (bicyclic) bond motifs is 1. The van der Waals surface area contributed by atoms with Crippen LogP contribution in [0.1, 0.15) is 71.8 Å². The number of hydrogen-bond acceptors (Lipinski definition) is 7. The molecular weight excluding hydrogens is 525 g/mol. The van der Waals surface area contributed by atoms with E-state index in [1.54, 1.807) is 24.3 Å². The molecule has 2 aliphatic heterocycles. The van der Waals surface area contributed by atoms with Crippen molar-refractivity contribution in [3.63, 3.8) is 0 Å². The van der Waals surface area contributed by atoms with E-state index >= 15 is 0 Å². The first-order chi connectivity index (χ1) is 19.9. The van der Waals surface area contributed by atoms with E-state index in [2.05, 4.69) is 15.2 Å². The molecule has 3 aromatic rings. The van der Waals surface area contributed by atoms with E-state index < -0.39 is 11.8 Å². The fourth-order valence-electron chi connectivity index (χ4n) is 6.96. The van der Waals surface area contributed by atoms with Crippen molar-refractivity contribution in [2.45, 2.75) is 63.3 Å². The van der Waals surface area contributed by atoms with Crippen LogP contribution in [0.15, 0.2) is 42.5 Å². The number of H-pyrrole nitrogens is 1. The number of aromatic carboxylic acids is 1. The van der Waals surface area contributed by atoms with Crippen LogP contribution in [0.25, 0.3) is 0 Å². The number of rotatable bonds is 8. The molecule has 4 aliphatic rings. The Kier molecular flexibility index (Phi) is 6.35. The monoisotopic (exact) mass is 557 g/mol. The number of ether oxygens (including phenoxy) is 2. The van der Waals surface area contributed by atoms with Crippen LogP contribution in [0.4, 0.5) is 15.9 Å². The van der Waals surface area contributed by atoms with Crippen molar-refractivity contribution in [2.24, 2.45) is 11.3 Å². The maximum Gasteiger partial charge on any atom is 0.352 e. The number of carboxylic acid groups (broad SMARTS) is 1. The van der Waals surface area contributed by atoms with Crippen LogP contribution in [-0.4, -0.2) is 46.5 Å². The topological polar surface area (TPSA) is 124 Å². The largest absolute Gasteiger partial charge is 0.477 e. The quantitative estimate of drug-likeness (QED) is 0.336. The van der Waals surface area contributed by atoms with E-state index in [1.807, 2.05) is 18.2 Å². The average Bonchev–Trinajstić information content (AvgIpc) is 3.30. The summed E-state index contributed by atoms with van der Waals surface area (Å²) in [5.74, 6) is 0.692. The third-order valence-corrected chi connectivity index (χ3v) is 9.49. The van der Waals surface area contributed by atoms with Gasteiger partial charge >= 0.3 is 5.97 Å². The molecule has 3 unspecified atom stereocenters. The van der Waals surface area contributed by atoms with Crippen LogP contribution in [0.3, 0.4) is 0 Å². The number of aromatic nitrogens is 2. The zero-order valence-electron chi connectivity index (χ0n) is 22.6. The number of aromatic amines is 1. The van der Waals surface area contributed by atoms with Crippen LogP contribution < -0.4 is 15.0 Å². The van der Waals surface area contributed by atoms with Gasteiger partial charge in [-0.3, -0.25) is 0 Å². The molecule has 1 aromatic carbocycles. The van der Waals surface area contributed by atoms with E-state index in [0.717, 1.165) is 68.9 Å². The normalized spacial score (nSPS) is 28.0. The summed E-state index contributed by atoms with van der Waals surface area (Å²) in [6, 6.07) is 13.8. The van der Waals surface area contributed by atoms with Gasteiger partial charge in [0.25, 0.3) is 0 Å². The molecule has 3 atom stereocenters. The Bertz CT molecular complexity index is 1520. The molecule has 10 heteroatoms. The van der Waals surface area contributed by atoms with Gasteiger partial charge in [-0.05, 0) is 68.2 Å². The van der Waals surface area contributed by atoms with Gasteiger partial charge in [0.15, 0.2) is 0 Å². The van der Waals surface area contributed by atoms with Crippen LogP contribution in [0, 0.1) is 28.5 Å². The molecule has 1 spiro atoms. The van der Waals surface area contributed by atoms with E-state index in [9.17, 15) is 14.3 Å². The van der Waals surface area contributed by atoms with E-state index in [-0.39, 0.29) is 35.5 Å². The lowest BCUT2D eigenvalue weighted by Crippen LogP contribution is -2.47. The number of carbonyl (C=O) groups is 1. The fourth-order valence-corrected chi connectivity index (χ4v) is 6.96. The molecule has 3 N–H and O–H groups in total. The third kappa shape index (κ3) is 4.78. The van der Waals surface area contributed by atoms with Gasteiger partial charge in [-0.15, -0.1) is 0 Å². The first-order valence-electron chi connectivity index (χ1n) is 14.3. The smallest absolute Gasteiger partial charge is 0.352 e. The highest BCUT2D eigenvalue weighted by Gasteiger charge is 2.60. The zero-order chi connectivity index (χ0) is 28.1. The van der Waals surface area contributed by atoms with E-state index in [4.69, 9.17) is 19.7 Å². The fraction of sp³-hybridized carbons (Fsp3) is 0.452. The second-order valence-corrected chi connectivity index (χ2v) is 11.8. The number of carboxylic acids is 1. The van der Waals surface area contributed by atoms with E-state index in [0.29, 0.717) is 23.3 Å². The zero-order valence-corrected chi connectivity index (χ0v) is 22.6. The summed E-state index contributed by atoms with van der Waals surface area (Å²) >= 11 is 0. The predicted molar refractivity (Wildman–Crippen MR) is 148 cm³/mol. The second kappa shape index (κ2) is 10.1. The van der Waals surface area contributed by atoms with Crippen molar-refractivity contribution in [1.82, 2.24) is 9.97 Å². The lowest BCUT2D eigenvalue weighted by atomic mass is 9.76. The molecule has 3 fully saturated rings. The van der Waals surface area contributed by atoms with Crippen LogP contribution in [-0.2, 0) is 11.3 Å². The average molecular weight is 558 g/mol. The van der Waals surface area contributed by atoms with Crippen molar-refractivity contribution in [2.75, 3.05) is 23.4 Å². The van der Waals surface area contributed by atoms with Gasteiger partial charge in [-0.2, -0.15) is 5.26 Å². The van der Waals surface area contributed by atoms with Crippen molar-refractivity contribution < 1.29 is 23.8 Å². The molecule has 0 radical (unpaired) electrons. The number of nitrogens with zero attached hydrogens (tertiary/aromatic N) is 3. The van der Waals surface area contributed by atoms with Crippen LogP contribution in [0.2, 0.25) is 0 Å². The maximum atomic E-state index is 14.3. The van der Waals surface area contributed by atoms with Gasteiger partial charge in [-0.25, -0.2) is 14.2 Å². The number of nitriles is 1. The van der Waals surface area contributed by atoms with Crippen molar-refractivity contribution in [3.05, 3.63) is 70.8 Å². The van der Waals surface area contributed by atoms with Gasteiger partial charge in [-0.1, -0.05) is 12.1 Å². The Hall–Kier alpha value is -4.10. The highest BCUT2D eigenvalue weighted by molar-refractivity contribution is 5.91. The molecule has 2 aliphatic carbocycles. The molecule has 0 amide bonds. The highest BCUT2D eigenvalue weighted by Crippen LogP contribution is 2.66. The minimum atomic E-state index is -0.955. The minimum Gasteiger partial charge on any atom is -0.477 e. The first-order valence-corrected chi connectivity index (χ1v) is 14.3. The molecule has 212 valence electrons. The van der Waals surface area contributed by atoms with Gasteiger partial charge in [0, 0.05) is 42.3 Å². The highest BCUT2D eigenvalue weighted by atomic mass is 19.1. The Morgan fingerprint density at radius 2 is 2.07 bits per heavy atom. The van der Waals surface area contributed by atoms with Crippen molar-refractivity contribution in [3.8, 4) is 11.9 Å². The Morgan fingerprint density at radius 1 is 1.24 bits per heavy atom. The standard InChI is InChI=1S/C31H32FN5O4/c32-23-12-18(15-33)4-5-20(23)17-41-27-3-1-2-24(34-27)19-6-9-31(10-7-19)14-22(31)29-36-28-26(13-25(35-28)30(38)39)37(29)16-21-8-11-40-21/h1-5,12-13,19,21-22,29,35-36H,6-11,14,16-17H2,(H,38,39). The maximum absolute atomic E-state index is 14.3. The summed E-state index contributed by atoms with van der Waals surface area (Å²) in [5, 5.41) is 22.0. The summed E-state index contributed by atoms with van der Waals surface area (Å²) in [6.45, 7) is 1.61. The number of benzene rings is 1. The SMILES string of the molecule is N#Cc1ccc(COc2cccc(C3CCC4(CC3)CC4C3Nc4[nH]c(C(=O)O)cc4N3CC3CCO3)n2)c(F)c1. The van der Waals surface area contributed by atoms with Gasteiger partial charge in [0.05, 0.1) is 23.4 Å². The Balaban J connectivity index is 0.986. The summed E-state index contributed by atoms with van der Waals surface area (Å²) in [6.07, 6.45) is 6.84.